The quantitative estimate of drug-likeness (QED) is 0.472. The van der Waals surface area contributed by atoms with E-state index < -0.39 is 0 Å². The molecule has 0 spiro atoms. The standard InChI is InChI=1S/C12H14O/c13-9-11-7-2-1-5-10-6-3-4-8-12(10)11/h3-4,6,8-9,11H,1-2,5,7H2. The maximum atomic E-state index is 10.9. The molecular weight excluding hydrogens is 160 g/mol. The zero-order valence-corrected chi connectivity index (χ0v) is 7.70. The molecule has 0 saturated carbocycles. The van der Waals surface area contributed by atoms with Crippen molar-refractivity contribution >= 4 is 6.29 Å². The Morgan fingerprint density at radius 3 is 2.92 bits per heavy atom. The molecule has 0 bridgehead atoms. The highest BCUT2D eigenvalue weighted by molar-refractivity contribution is 5.63. The second-order valence-electron chi connectivity index (χ2n) is 3.69. The van der Waals surface area contributed by atoms with Gasteiger partial charge in [0.2, 0.25) is 0 Å². The Hall–Kier alpha value is -1.11. The van der Waals surface area contributed by atoms with E-state index >= 15 is 0 Å². The molecule has 0 fully saturated rings. The minimum Gasteiger partial charge on any atom is -0.303 e. The summed E-state index contributed by atoms with van der Waals surface area (Å²) in [6.45, 7) is 0. The van der Waals surface area contributed by atoms with E-state index in [4.69, 9.17) is 0 Å². The lowest BCUT2D eigenvalue weighted by Gasteiger charge is -2.09. The van der Waals surface area contributed by atoms with Crippen LogP contribution in [0.15, 0.2) is 24.3 Å². The van der Waals surface area contributed by atoms with E-state index in [0.29, 0.717) is 0 Å². The first-order valence-corrected chi connectivity index (χ1v) is 4.95. The fourth-order valence-electron chi connectivity index (χ4n) is 2.10. The van der Waals surface area contributed by atoms with Crippen molar-refractivity contribution in [3.05, 3.63) is 35.4 Å². The predicted molar refractivity (Wildman–Crippen MR) is 52.8 cm³/mol. The van der Waals surface area contributed by atoms with Crippen LogP contribution in [0.4, 0.5) is 0 Å². The smallest absolute Gasteiger partial charge is 0.127 e. The van der Waals surface area contributed by atoms with Crippen LogP contribution in [-0.2, 0) is 11.2 Å². The molecule has 1 unspecified atom stereocenters. The monoisotopic (exact) mass is 174 g/mol. The first kappa shape index (κ1) is 8.49. The SMILES string of the molecule is O=CC1CCCCc2ccccc21. The number of hydrogen-bond donors (Lipinski definition) is 0. The average molecular weight is 174 g/mol. The number of rotatable bonds is 1. The number of fused-ring (bicyclic) bond motifs is 1. The van der Waals surface area contributed by atoms with Crippen LogP contribution >= 0.6 is 0 Å². The molecule has 1 heteroatoms. The Kier molecular flexibility index (Phi) is 2.44. The van der Waals surface area contributed by atoms with Gasteiger partial charge in [0, 0.05) is 5.92 Å². The maximum Gasteiger partial charge on any atom is 0.127 e. The van der Waals surface area contributed by atoms with Gasteiger partial charge in [0.25, 0.3) is 0 Å². The van der Waals surface area contributed by atoms with Crippen molar-refractivity contribution < 1.29 is 4.79 Å². The summed E-state index contributed by atoms with van der Waals surface area (Å²) in [6, 6.07) is 8.34. The molecule has 0 aliphatic heterocycles. The van der Waals surface area contributed by atoms with E-state index in [1.807, 2.05) is 6.07 Å². The van der Waals surface area contributed by atoms with Gasteiger partial charge in [-0.2, -0.15) is 0 Å². The molecule has 2 rings (SSSR count). The van der Waals surface area contributed by atoms with Crippen molar-refractivity contribution in [1.29, 1.82) is 0 Å². The topological polar surface area (TPSA) is 17.1 Å². The van der Waals surface area contributed by atoms with Crippen LogP contribution in [0.5, 0.6) is 0 Å². The van der Waals surface area contributed by atoms with Crippen molar-refractivity contribution in [2.45, 2.75) is 31.6 Å². The highest BCUT2D eigenvalue weighted by atomic mass is 16.1. The normalized spacial score (nSPS) is 21.7. The lowest BCUT2D eigenvalue weighted by Crippen LogP contribution is -2.00. The molecule has 0 amide bonds. The highest BCUT2D eigenvalue weighted by Gasteiger charge is 2.16. The van der Waals surface area contributed by atoms with Crippen LogP contribution < -0.4 is 0 Å². The molecular formula is C12H14O. The van der Waals surface area contributed by atoms with Crippen LogP contribution in [0.3, 0.4) is 0 Å². The van der Waals surface area contributed by atoms with Gasteiger partial charge in [-0.3, -0.25) is 0 Å². The predicted octanol–water partition coefficient (Wildman–Crippen LogP) is 2.70. The summed E-state index contributed by atoms with van der Waals surface area (Å²) in [6.07, 6.45) is 5.67. The molecule has 1 aromatic rings. The molecule has 1 aliphatic carbocycles. The lowest BCUT2D eigenvalue weighted by molar-refractivity contribution is -0.109. The van der Waals surface area contributed by atoms with Gasteiger partial charge in [-0.1, -0.05) is 30.7 Å². The third-order valence-corrected chi connectivity index (χ3v) is 2.83. The van der Waals surface area contributed by atoms with Gasteiger partial charge in [0.05, 0.1) is 0 Å². The van der Waals surface area contributed by atoms with E-state index in [9.17, 15) is 4.79 Å². The fraction of sp³-hybridized carbons (Fsp3) is 0.417. The first-order chi connectivity index (χ1) is 6.42. The highest BCUT2D eigenvalue weighted by Crippen LogP contribution is 2.28. The minimum absolute atomic E-state index is 0.152. The third-order valence-electron chi connectivity index (χ3n) is 2.83. The van der Waals surface area contributed by atoms with Gasteiger partial charge in [-0.25, -0.2) is 0 Å². The Morgan fingerprint density at radius 2 is 2.08 bits per heavy atom. The Labute approximate surface area is 78.8 Å². The molecule has 13 heavy (non-hydrogen) atoms. The number of carbonyl (C=O) groups is 1. The Morgan fingerprint density at radius 1 is 1.23 bits per heavy atom. The lowest BCUT2D eigenvalue weighted by atomic mass is 9.94. The molecule has 1 aliphatic rings. The molecule has 0 saturated heterocycles. The van der Waals surface area contributed by atoms with Crippen LogP contribution in [0.1, 0.15) is 36.3 Å². The summed E-state index contributed by atoms with van der Waals surface area (Å²) >= 11 is 0. The zero-order chi connectivity index (χ0) is 9.10. The van der Waals surface area contributed by atoms with Crippen LogP contribution in [0, 0.1) is 0 Å². The summed E-state index contributed by atoms with van der Waals surface area (Å²) in [5.74, 6) is 0.152. The van der Waals surface area contributed by atoms with Crippen molar-refractivity contribution in [2.24, 2.45) is 0 Å². The average Bonchev–Trinajstić information content (AvgIpc) is 2.39. The molecule has 1 nitrogen and oxygen atoms in total. The second-order valence-corrected chi connectivity index (χ2v) is 3.69. The van der Waals surface area contributed by atoms with Gasteiger partial charge in [-0.15, -0.1) is 0 Å². The Balaban J connectivity index is 2.41. The number of carbonyl (C=O) groups excluding carboxylic acids is 1. The van der Waals surface area contributed by atoms with Gasteiger partial charge < -0.3 is 4.79 Å². The summed E-state index contributed by atoms with van der Waals surface area (Å²) in [4.78, 5) is 10.9. The molecule has 1 atom stereocenters. The summed E-state index contributed by atoms with van der Waals surface area (Å²) < 4.78 is 0. The molecule has 0 radical (unpaired) electrons. The molecule has 68 valence electrons. The number of benzene rings is 1. The minimum atomic E-state index is 0.152. The molecule has 0 aromatic heterocycles. The maximum absolute atomic E-state index is 10.9. The van der Waals surface area contributed by atoms with Gasteiger partial charge >= 0.3 is 0 Å². The van der Waals surface area contributed by atoms with E-state index in [2.05, 4.69) is 18.2 Å². The van der Waals surface area contributed by atoms with E-state index in [1.54, 1.807) is 0 Å². The summed E-state index contributed by atoms with van der Waals surface area (Å²) in [5, 5.41) is 0. The zero-order valence-electron chi connectivity index (χ0n) is 7.70. The number of aryl methyl sites for hydroxylation is 1. The number of hydrogen-bond acceptors (Lipinski definition) is 1. The summed E-state index contributed by atoms with van der Waals surface area (Å²) in [7, 11) is 0. The number of aldehydes is 1. The molecule has 0 heterocycles. The Bertz CT molecular complexity index is 304. The van der Waals surface area contributed by atoms with E-state index in [0.717, 1.165) is 19.1 Å². The van der Waals surface area contributed by atoms with Gasteiger partial charge in [0.15, 0.2) is 0 Å². The van der Waals surface area contributed by atoms with Gasteiger partial charge in [-0.05, 0) is 30.4 Å². The van der Waals surface area contributed by atoms with Crippen molar-refractivity contribution in [3.8, 4) is 0 Å². The largest absolute Gasteiger partial charge is 0.303 e. The van der Waals surface area contributed by atoms with Crippen molar-refractivity contribution in [3.63, 3.8) is 0 Å². The second kappa shape index (κ2) is 3.73. The first-order valence-electron chi connectivity index (χ1n) is 4.95. The summed E-state index contributed by atoms with van der Waals surface area (Å²) in [5.41, 5.74) is 2.63. The molecule has 1 aromatic carbocycles. The molecule has 0 N–H and O–H groups in total. The van der Waals surface area contributed by atoms with Crippen LogP contribution in [-0.4, -0.2) is 6.29 Å². The van der Waals surface area contributed by atoms with E-state index in [1.165, 1.54) is 24.0 Å². The van der Waals surface area contributed by atoms with Crippen molar-refractivity contribution in [2.75, 3.05) is 0 Å². The van der Waals surface area contributed by atoms with Crippen LogP contribution in [0.2, 0.25) is 0 Å². The third kappa shape index (κ3) is 1.64. The van der Waals surface area contributed by atoms with E-state index in [-0.39, 0.29) is 5.92 Å². The van der Waals surface area contributed by atoms with Crippen molar-refractivity contribution in [1.82, 2.24) is 0 Å². The fourth-order valence-corrected chi connectivity index (χ4v) is 2.10. The van der Waals surface area contributed by atoms with Gasteiger partial charge in [0.1, 0.15) is 6.29 Å². The van der Waals surface area contributed by atoms with Crippen LogP contribution in [0.25, 0.3) is 0 Å².